The van der Waals surface area contributed by atoms with Gasteiger partial charge in [-0.1, -0.05) is 0 Å². The zero-order valence-corrected chi connectivity index (χ0v) is 7.73. The summed E-state index contributed by atoms with van der Waals surface area (Å²) in [6.07, 6.45) is -1.69. The molecule has 0 saturated carbocycles. The Hall–Kier alpha value is -0.850. The van der Waals surface area contributed by atoms with E-state index < -0.39 is 18.2 Å². The van der Waals surface area contributed by atoms with Crippen molar-refractivity contribution in [3.05, 3.63) is 0 Å². The van der Waals surface area contributed by atoms with Gasteiger partial charge in [-0.2, -0.15) is 4.89 Å². The molecule has 13 heavy (non-hydrogen) atoms. The molecule has 1 heterocycles. The van der Waals surface area contributed by atoms with Crippen molar-refractivity contribution in [3.8, 4) is 0 Å². The lowest BCUT2D eigenvalue weighted by Gasteiger charge is -2.16. The first-order valence-electron chi connectivity index (χ1n) is 3.76. The molecule has 0 bridgehead atoms. The first kappa shape index (κ1) is 10.2. The van der Waals surface area contributed by atoms with Gasteiger partial charge in [-0.3, -0.25) is 4.89 Å². The molecule has 6 heteroatoms. The minimum absolute atomic E-state index is 0.186. The summed E-state index contributed by atoms with van der Waals surface area (Å²) < 4.78 is 15.0. The van der Waals surface area contributed by atoms with Gasteiger partial charge in [0.2, 0.25) is 6.29 Å². The Balaban J connectivity index is 2.28. The summed E-state index contributed by atoms with van der Waals surface area (Å²) in [5, 5.41) is 0. The summed E-state index contributed by atoms with van der Waals surface area (Å²) in [6, 6.07) is 0. The van der Waals surface area contributed by atoms with Crippen LogP contribution in [0.4, 0.5) is 4.79 Å². The van der Waals surface area contributed by atoms with Crippen LogP contribution in [0.3, 0.4) is 0 Å². The van der Waals surface area contributed by atoms with Crippen molar-refractivity contribution in [1.82, 2.24) is 0 Å². The summed E-state index contributed by atoms with van der Waals surface area (Å²) >= 11 is 0. The van der Waals surface area contributed by atoms with Crippen molar-refractivity contribution in [2.45, 2.75) is 25.9 Å². The molecular formula is C7H12O6. The number of hydrogen-bond acceptors (Lipinski definition) is 6. The second-order valence-corrected chi connectivity index (χ2v) is 2.88. The van der Waals surface area contributed by atoms with Crippen molar-refractivity contribution in [2.75, 3.05) is 13.7 Å². The van der Waals surface area contributed by atoms with E-state index in [9.17, 15) is 4.79 Å². The number of ether oxygens (including phenoxy) is 3. The first-order chi connectivity index (χ1) is 6.03. The zero-order valence-electron chi connectivity index (χ0n) is 7.73. The summed E-state index contributed by atoms with van der Waals surface area (Å²) in [5.74, 6) is -0.724. The molecule has 76 valence electrons. The highest BCUT2D eigenvalue weighted by Crippen LogP contribution is 2.22. The van der Waals surface area contributed by atoms with E-state index in [0.717, 1.165) is 0 Å². The van der Waals surface area contributed by atoms with E-state index in [2.05, 4.69) is 14.5 Å². The molecule has 1 fully saturated rings. The number of rotatable bonds is 2. The second kappa shape index (κ2) is 3.91. The fourth-order valence-corrected chi connectivity index (χ4v) is 0.906. The summed E-state index contributed by atoms with van der Waals surface area (Å²) in [5.41, 5.74) is 0. The van der Waals surface area contributed by atoms with Gasteiger partial charge in [-0.05, 0) is 13.8 Å². The van der Waals surface area contributed by atoms with Crippen molar-refractivity contribution in [3.63, 3.8) is 0 Å². The predicted molar refractivity (Wildman–Crippen MR) is 39.5 cm³/mol. The van der Waals surface area contributed by atoms with E-state index >= 15 is 0 Å². The van der Waals surface area contributed by atoms with E-state index in [-0.39, 0.29) is 6.61 Å². The van der Waals surface area contributed by atoms with Crippen LogP contribution in [0.1, 0.15) is 13.8 Å². The minimum Gasteiger partial charge on any atom is -0.400 e. The molecule has 0 N–H and O–H groups in total. The molecule has 1 aliphatic rings. The minimum atomic E-state index is -0.950. The smallest absolute Gasteiger partial charge is 0.400 e. The Morgan fingerprint density at radius 1 is 1.54 bits per heavy atom. The third-order valence-corrected chi connectivity index (χ3v) is 1.36. The fourth-order valence-electron chi connectivity index (χ4n) is 0.906. The van der Waals surface area contributed by atoms with E-state index in [1.807, 2.05) is 0 Å². The van der Waals surface area contributed by atoms with E-state index in [1.54, 1.807) is 13.8 Å². The number of carbonyl (C=O) groups excluding carboxylic acids is 1. The molecule has 1 rings (SSSR count). The molecule has 1 unspecified atom stereocenters. The molecule has 0 amide bonds. The maximum absolute atomic E-state index is 10.7. The Labute approximate surface area is 75.6 Å². The summed E-state index contributed by atoms with van der Waals surface area (Å²) in [4.78, 5) is 18.9. The van der Waals surface area contributed by atoms with Crippen molar-refractivity contribution >= 4 is 6.16 Å². The predicted octanol–water partition coefficient (Wildman–Crippen LogP) is 0.810. The number of hydrogen-bond donors (Lipinski definition) is 0. The second-order valence-electron chi connectivity index (χ2n) is 2.88. The largest absolute Gasteiger partial charge is 0.542 e. The molecule has 6 nitrogen and oxygen atoms in total. The molecule has 0 aliphatic carbocycles. The van der Waals surface area contributed by atoms with Gasteiger partial charge in [0.05, 0.1) is 7.11 Å². The summed E-state index contributed by atoms with van der Waals surface area (Å²) in [7, 11) is 1.21. The quantitative estimate of drug-likeness (QED) is 0.366. The van der Waals surface area contributed by atoms with Crippen LogP contribution in [0, 0.1) is 0 Å². The highest BCUT2D eigenvalue weighted by molar-refractivity contribution is 5.59. The van der Waals surface area contributed by atoms with Gasteiger partial charge < -0.3 is 14.2 Å². The Morgan fingerprint density at radius 2 is 2.23 bits per heavy atom. The third-order valence-electron chi connectivity index (χ3n) is 1.36. The standard InChI is InChI=1S/C7H12O6/c1-7(2)10-4-5(12-7)11-6(8)13-9-3/h5H,4H2,1-3H3. The molecule has 0 aromatic carbocycles. The van der Waals surface area contributed by atoms with E-state index in [1.165, 1.54) is 7.11 Å². The highest BCUT2D eigenvalue weighted by atomic mass is 17.2. The van der Waals surface area contributed by atoms with Crippen LogP contribution in [0.2, 0.25) is 0 Å². The van der Waals surface area contributed by atoms with Gasteiger partial charge in [0.15, 0.2) is 5.79 Å². The Kier molecular flexibility index (Phi) is 3.07. The number of carbonyl (C=O) groups is 1. The molecule has 0 radical (unpaired) electrons. The first-order valence-corrected chi connectivity index (χ1v) is 3.76. The maximum Gasteiger partial charge on any atom is 0.542 e. The zero-order chi connectivity index (χ0) is 9.90. The van der Waals surface area contributed by atoms with Crippen LogP contribution in [0.15, 0.2) is 0 Å². The highest BCUT2D eigenvalue weighted by Gasteiger charge is 2.35. The molecular weight excluding hydrogens is 180 g/mol. The fraction of sp³-hybridized carbons (Fsp3) is 0.857. The normalized spacial score (nSPS) is 25.6. The van der Waals surface area contributed by atoms with E-state index in [4.69, 9.17) is 9.47 Å². The maximum atomic E-state index is 10.7. The van der Waals surface area contributed by atoms with Gasteiger partial charge in [0.25, 0.3) is 0 Å². The van der Waals surface area contributed by atoms with Crippen LogP contribution >= 0.6 is 0 Å². The van der Waals surface area contributed by atoms with Crippen LogP contribution in [0.5, 0.6) is 0 Å². The van der Waals surface area contributed by atoms with Gasteiger partial charge in [0.1, 0.15) is 6.61 Å². The van der Waals surface area contributed by atoms with Crippen molar-refractivity contribution in [1.29, 1.82) is 0 Å². The van der Waals surface area contributed by atoms with E-state index in [0.29, 0.717) is 0 Å². The Morgan fingerprint density at radius 3 is 2.69 bits per heavy atom. The van der Waals surface area contributed by atoms with Crippen LogP contribution < -0.4 is 0 Å². The summed E-state index contributed by atoms with van der Waals surface area (Å²) in [6.45, 7) is 3.63. The van der Waals surface area contributed by atoms with Crippen molar-refractivity contribution < 1.29 is 28.8 Å². The molecule has 0 spiro atoms. The van der Waals surface area contributed by atoms with Gasteiger partial charge in [0, 0.05) is 0 Å². The monoisotopic (exact) mass is 192 g/mol. The molecule has 1 atom stereocenters. The average molecular weight is 192 g/mol. The average Bonchev–Trinajstić information content (AvgIpc) is 2.30. The van der Waals surface area contributed by atoms with Crippen LogP contribution in [-0.4, -0.2) is 31.9 Å². The molecule has 1 saturated heterocycles. The molecule has 0 aromatic heterocycles. The van der Waals surface area contributed by atoms with Crippen LogP contribution in [0.25, 0.3) is 0 Å². The lowest BCUT2D eigenvalue weighted by atomic mass is 10.4. The SMILES string of the molecule is COOC(=O)OC1COC(C)(C)O1. The lowest BCUT2D eigenvalue weighted by molar-refractivity contribution is -0.251. The third kappa shape index (κ3) is 3.17. The molecule has 1 aliphatic heterocycles. The topological polar surface area (TPSA) is 63.2 Å². The Bertz CT molecular complexity index is 189. The van der Waals surface area contributed by atoms with Crippen molar-refractivity contribution in [2.24, 2.45) is 0 Å². The van der Waals surface area contributed by atoms with Gasteiger partial charge in [-0.25, -0.2) is 4.79 Å². The van der Waals surface area contributed by atoms with Gasteiger partial charge >= 0.3 is 6.16 Å². The lowest BCUT2D eigenvalue weighted by Crippen LogP contribution is -2.24. The molecule has 0 aromatic rings. The van der Waals surface area contributed by atoms with Crippen LogP contribution in [-0.2, 0) is 24.0 Å². The van der Waals surface area contributed by atoms with Gasteiger partial charge in [-0.15, -0.1) is 0 Å².